The van der Waals surface area contributed by atoms with Crippen LogP contribution < -0.4 is 10.1 Å². The molecule has 1 aliphatic heterocycles. The van der Waals surface area contributed by atoms with E-state index in [2.05, 4.69) is 12.2 Å². The molecule has 2 unspecified atom stereocenters. The summed E-state index contributed by atoms with van der Waals surface area (Å²) in [6, 6.07) is 6.35. The van der Waals surface area contributed by atoms with E-state index >= 15 is 0 Å². The average molecular weight is 209 g/mol. The molecule has 1 N–H and O–H groups in total. The lowest BCUT2D eigenvalue weighted by atomic mass is 9.98. The predicted octanol–water partition coefficient (Wildman–Crippen LogP) is 2.20. The third kappa shape index (κ3) is 2.69. The Hall–Kier alpha value is -1.09. The van der Waals surface area contributed by atoms with Crippen LogP contribution in [0, 0.1) is 11.7 Å². The Balaban J connectivity index is 2.01. The van der Waals surface area contributed by atoms with Crippen molar-refractivity contribution in [1.82, 2.24) is 5.32 Å². The molecule has 0 aliphatic carbocycles. The molecule has 2 nitrogen and oxygen atoms in total. The fourth-order valence-corrected chi connectivity index (χ4v) is 1.88. The molecule has 1 aromatic rings. The van der Waals surface area contributed by atoms with Crippen molar-refractivity contribution in [1.29, 1.82) is 0 Å². The van der Waals surface area contributed by atoms with Crippen LogP contribution in [0.15, 0.2) is 24.3 Å². The van der Waals surface area contributed by atoms with Gasteiger partial charge >= 0.3 is 0 Å². The Bertz CT molecular complexity index is 329. The first-order valence-electron chi connectivity index (χ1n) is 5.38. The molecule has 0 saturated carbocycles. The fraction of sp³-hybridized carbons (Fsp3) is 0.500. The maximum absolute atomic E-state index is 12.9. The van der Waals surface area contributed by atoms with Crippen LogP contribution in [0.4, 0.5) is 4.39 Å². The van der Waals surface area contributed by atoms with E-state index in [1.165, 1.54) is 12.1 Å². The van der Waals surface area contributed by atoms with E-state index in [4.69, 9.17) is 4.74 Å². The summed E-state index contributed by atoms with van der Waals surface area (Å²) in [5.41, 5.74) is 0. The van der Waals surface area contributed by atoms with E-state index in [1.54, 1.807) is 12.1 Å². The summed E-state index contributed by atoms with van der Waals surface area (Å²) in [5.74, 6) is 0.866. The molecule has 82 valence electrons. The van der Waals surface area contributed by atoms with Gasteiger partial charge in [0, 0.05) is 18.5 Å². The van der Waals surface area contributed by atoms with Crippen molar-refractivity contribution >= 4 is 0 Å². The number of ether oxygens (including phenoxy) is 1. The Morgan fingerprint density at radius 1 is 1.47 bits per heavy atom. The van der Waals surface area contributed by atoms with E-state index in [9.17, 15) is 4.39 Å². The van der Waals surface area contributed by atoms with Crippen LogP contribution in [0.5, 0.6) is 5.75 Å². The minimum absolute atomic E-state index is 0.202. The topological polar surface area (TPSA) is 21.3 Å². The number of benzene rings is 1. The molecule has 2 rings (SSSR count). The standard InChI is InChI=1S/C12H16FNO/c1-9-8-14-6-5-12(9)15-11-4-2-3-10(13)7-11/h2-4,7,9,12,14H,5-6,8H2,1H3. The van der Waals surface area contributed by atoms with Gasteiger partial charge in [-0.25, -0.2) is 4.39 Å². The summed E-state index contributed by atoms with van der Waals surface area (Å²) in [7, 11) is 0. The molecule has 0 spiro atoms. The van der Waals surface area contributed by atoms with Gasteiger partial charge in [-0.1, -0.05) is 13.0 Å². The second-order valence-electron chi connectivity index (χ2n) is 4.08. The highest BCUT2D eigenvalue weighted by Crippen LogP contribution is 2.20. The highest BCUT2D eigenvalue weighted by atomic mass is 19.1. The minimum atomic E-state index is -0.242. The van der Waals surface area contributed by atoms with Crippen LogP contribution >= 0.6 is 0 Å². The van der Waals surface area contributed by atoms with E-state index in [-0.39, 0.29) is 11.9 Å². The van der Waals surface area contributed by atoms with Gasteiger partial charge in [-0.3, -0.25) is 0 Å². The number of nitrogens with one attached hydrogen (secondary N) is 1. The lowest BCUT2D eigenvalue weighted by molar-refractivity contribution is 0.111. The van der Waals surface area contributed by atoms with Gasteiger partial charge in [0.05, 0.1) is 0 Å². The smallest absolute Gasteiger partial charge is 0.126 e. The van der Waals surface area contributed by atoms with Crippen LogP contribution in [0.1, 0.15) is 13.3 Å². The van der Waals surface area contributed by atoms with E-state index in [0.29, 0.717) is 11.7 Å². The van der Waals surface area contributed by atoms with Crippen LogP contribution in [0.25, 0.3) is 0 Å². The molecule has 1 fully saturated rings. The van der Waals surface area contributed by atoms with Gasteiger partial charge < -0.3 is 10.1 Å². The average Bonchev–Trinajstić information content (AvgIpc) is 2.22. The van der Waals surface area contributed by atoms with Crippen molar-refractivity contribution in [2.24, 2.45) is 5.92 Å². The number of hydrogen-bond donors (Lipinski definition) is 1. The predicted molar refractivity (Wildman–Crippen MR) is 57.5 cm³/mol. The molecular formula is C12H16FNO. The molecular weight excluding hydrogens is 193 g/mol. The highest BCUT2D eigenvalue weighted by Gasteiger charge is 2.22. The molecule has 1 heterocycles. The van der Waals surface area contributed by atoms with Crippen LogP contribution in [0.3, 0.4) is 0 Å². The Morgan fingerprint density at radius 2 is 2.33 bits per heavy atom. The minimum Gasteiger partial charge on any atom is -0.490 e. The lowest BCUT2D eigenvalue weighted by Crippen LogP contribution is -2.41. The largest absolute Gasteiger partial charge is 0.490 e. The summed E-state index contributed by atoms with van der Waals surface area (Å²) in [5, 5.41) is 3.31. The Labute approximate surface area is 89.4 Å². The summed E-state index contributed by atoms with van der Waals surface area (Å²) in [6.45, 7) is 4.10. The van der Waals surface area contributed by atoms with E-state index in [0.717, 1.165) is 19.5 Å². The second kappa shape index (κ2) is 4.62. The third-order valence-electron chi connectivity index (χ3n) is 2.79. The van der Waals surface area contributed by atoms with E-state index in [1.807, 2.05) is 0 Å². The van der Waals surface area contributed by atoms with Gasteiger partial charge in [0.1, 0.15) is 17.7 Å². The first-order valence-corrected chi connectivity index (χ1v) is 5.38. The molecule has 0 amide bonds. The Kier molecular flexibility index (Phi) is 3.21. The van der Waals surface area contributed by atoms with Crippen molar-refractivity contribution in [2.75, 3.05) is 13.1 Å². The molecule has 1 aliphatic rings. The summed E-state index contributed by atoms with van der Waals surface area (Å²) >= 11 is 0. The molecule has 0 bridgehead atoms. The monoisotopic (exact) mass is 209 g/mol. The zero-order valence-electron chi connectivity index (χ0n) is 8.87. The van der Waals surface area contributed by atoms with Crippen LogP contribution in [0.2, 0.25) is 0 Å². The zero-order chi connectivity index (χ0) is 10.7. The number of rotatable bonds is 2. The summed E-state index contributed by atoms with van der Waals surface area (Å²) in [6.07, 6.45) is 1.19. The normalized spacial score (nSPS) is 26.3. The molecule has 15 heavy (non-hydrogen) atoms. The van der Waals surface area contributed by atoms with Crippen LogP contribution in [-0.4, -0.2) is 19.2 Å². The lowest BCUT2D eigenvalue weighted by Gasteiger charge is -2.29. The van der Waals surface area contributed by atoms with Gasteiger partial charge in [0.15, 0.2) is 0 Å². The number of halogens is 1. The molecule has 3 heteroatoms. The highest BCUT2D eigenvalue weighted by molar-refractivity contribution is 5.22. The van der Waals surface area contributed by atoms with Crippen molar-refractivity contribution < 1.29 is 9.13 Å². The quantitative estimate of drug-likeness (QED) is 0.806. The molecule has 1 aromatic carbocycles. The van der Waals surface area contributed by atoms with Gasteiger partial charge in [0.25, 0.3) is 0 Å². The molecule has 0 radical (unpaired) electrons. The van der Waals surface area contributed by atoms with Gasteiger partial charge in [0.2, 0.25) is 0 Å². The maximum atomic E-state index is 12.9. The van der Waals surface area contributed by atoms with Gasteiger partial charge in [-0.15, -0.1) is 0 Å². The van der Waals surface area contributed by atoms with Crippen molar-refractivity contribution in [3.63, 3.8) is 0 Å². The Morgan fingerprint density at radius 3 is 3.07 bits per heavy atom. The fourth-order valence-electron chi connectivity index (χ4n) is 1.88. The van der Waals surface area contributed by atoms with Crippen molar-refractivity contribution in [3.05, 3.63) is 30.1 Å². The van der Waals surface area contributed by atoms with E-state index < -0.39 is 0 Å². The first-order chi connectivity index (χ1) is 7.25. The number of hydrogen-bond acceptors (Lipinski definition) is 2. The van der Waals surface area contributed by atoms with Crippen LogP contribution in [-0.2, 0) is 0 Å². The third-order valence-corrected chi connectivity index (χ3v) is 2.79. The van der Waals surface area contributed by atoms with Crippen molar-refractivity contribution in [3.8, 4) is 5.75 Å². The zero-order valence-corrected chi connectivity index (χ0v) is 8.87. The van der Waals surface area contributed by atoms with Crippen molar-refractivity contribution in [2.45, 2.75) is 19.4 Å². The first kappa shape index (κ1) is 10.4. The summed E-state index contributed by atoms with van der Waals surface area (Å²) < 4.78 is 18.7. The van der Waals surface area contributed by atoms with Gasteiger partial charge in [-0.05, 0) is 25.1 Å². The van der Waals surface area contributed by atoms with Gasteiger partial charge in [-0.2, -0.15) is 0 Å². The maximum Gasteiger partial charge on any atom is 0.126 e. The SMILES string of the molecule is CC1CNCCC1Oc1cccc(F)c1. The summed E-state index contributed by atoms with van der Waals surface area (Å²) in [4.78, 5) is 0. The number of piperidine rings is 1. The molecule has 2 atom stereocenters. The molecule has 0 aromatic heterocycles. The second-order valence-corrected chi connectivity index (χ2v) is 4.08. The molecule has 1 saturated heterocycles.